The summed E-state index contributed by atoms with van der Waals surface area (Å²) in [5, 5.41) is 3.82. The summed E-state index contributed by atoms with van der Waals surface area (Å²) in [4.78, 5) is 38.1. The zero-order chi connectivity index (χ0) is 19.0. The van der Waals surface area contributed by atoms with E-state index < -0.39 is 0 Å². The van der Waals surface area contributed by atoms with Gasteiger partial charge in [0.05, 0.1) is 4.88 Å². The van der Waals surface area contributed by atoms with Crippen LogP contribution in [0.2, 0.25) is 0 Å². The summed E-state index contributed by atoms with van der Waals surface area (Å²) in [5.74, 6) is 0.590. The van der Waals surface area contributed by atoms with Crippen LogP contribution < -0.4 is 10.9 Å². The molecule has 0 bridgehead atoms. The molecule has 7 heteroatoms. The fourth-order valence-electron chi connectivity index (χ4n) is 3.12. The van der Waals surface area contributed by atoms with Crippen molar-refractivity contribution in [1.29, 1.82) is 0 Å². The average molecular weight is 370 g/mol. The van der Waals surface area contributed by atoms with Gasteiger partial charge in [0.2, 0.25) is 0 Å². The van der Waals surface area contributed by atoms with E-state index >= 15 is 0 Å². The third kappa shape index (κ3) is 3.26. The molecule has 3 heterocycles. The van der Waals surface area contributed by atoms with Gasteiger partial charge >= 0.3 is 0 Å². The molecule has 6 nitrogen and oxygen atoms in total. The molecule has 3 rings (SSSR count). The number of rotatable bonds is 4. The lowest BCUT2D eigenvalue weighted by molar-refractivity contribution is 0.0954. The first-order chi connectivity index (χ1) is 12.3. The maximum absolute atomic E-state index is 12.7. The number of thiophene rings is 1. The number of H-pyrrole nitrogens is 1. The van der Waals surface area contributed by atoms with Gasteiger partial charge in [-0.05, 0) is 44.9 Å². The van der Waals surface area contributed by atoms with Crippen molar-refractivity contribution in [3.63, 3.8) is 0 Å². The highest BCUT2D eigenvalue weighted by atomic mass is 32.1. The summed E-state index contributed by atoms with van der Waals surface area (Å²) < 4.78 is 0. The minimum atomic E-state index is -0.192. The Morgan fingerprint density at radius 1 is 1.23 bits per heavy atom. The van der Waals surface area contributed by atoms with Gasteiger partial charge in [0, 0.05) is 35.3 Å². The van der Waals surface area contributed by atoms with E-state index in [-0.39, 0.29) is 18.0 Å². The van der Waals surface area contributed by atoms with Gasteiger partial charge in [-0.3, -0.25) is 9.59 Å². The molecule has 0 aliphatic rings. The maximum Gasteiger partial charge on any atom is 0.261 e. The number of fused-ring (bicyclic) bond motifs is 1. The average Bonchev–Trinajstić information content (AvgIpc) is 2.90. The van der Waals surface area contributed by atoms with Crippen molar-refractivity contribution >= 4 is 27.5 Å². The summed E-state index contributed by atoms with van der Waals surface area (Å²) in [7, 11) is 0. The zero-order valence-electron chi connectivity index (χ0n) is 15.6. The number of nitrogens with one attached hydrogen (secondary N) is 2. The Labute approximate surface area is 155 Å². The second kappa shape index (κ2) is 6.99. The predicted octanol–water partition coefficient (Wildman–Crippen LogP) is 3.11. The van der Waals surface area contributed by atoms with Crippen LogP contribution in [0.5, 0.6) is 0 Å². The van der Waals surface area contributed by atoms with E-state index in [1.54, 1.807) is 0 Å². The molecule has 2 N–H and O–H groups in total. The van der Waals surface area contributed by atoms with Gasteiger partial charge in [-0.2, -0.15) is 0 Å². The van der Waals surface area contributed by atoms with Crippen LogP contribution in [0.3, 0.4) is 0 Å². The lowest BCUT2D eigenvalue weighted by Gasteiger charge is -2.08. The van der Waals surface area contributed by atoms with Gasteiger partial charge < -0.3 is 10.3 Å². The minimum absolute atomic E-state index is 0.162. The molecule has 0 saturated carbocycles. The van der Waals surface area contributed by atoms with Crippen molar-refractivity contribution in [2.24, 2.45) is 0 Å². The molecule has 26 heavy (non-hydrogen) atoms. The van der Waals surface area contributed by atoms with Gasteiger partial charge in [0.25, 0.3) is 11.5 Å². The number of hydrogen-bond donors (Lipinski definition) is 2. The third-order valence-corrected chi connectivity index (χ3v) is 5.64. The SMILES string of the molecule is CCc1nc(C)c2c(C)c(C(=O)NCc3c(C)cc(C)[nH]c3=O)sc2n1. The first-order valence-corrected chi connectivity index (χ1v) is 9.37. The van der Waals surface area contributed by atoms with Crippen molar-refractivity contribution in [2.75, 3.05) is 0 Å². The predicted molar refractivity (Wildman–Crippen MR) is 104 cm³/mol. The van der Waals surface area contributed by atoms with Gasteiger partial charge in [0.1, 0.15) is 10.7 Å². The molecular formula is C19H22N4O2S. The topological polar surface area (TPSA) is 87.7 Å². The quantitative estimate of drug-likeness (QED) is 0.739. The Balaban J connectivity index is 1.90. The van der Waals surface area contributed by atoms with Gasteiger partial charge in [-0.1, -0.05) is 6.92 Å². The van der Waals surface area contributed by atoms with Crippen LogP contribution in [0.25, 0.3) is 10.2 Å². The first-order valence-electron chi connectivity index (χ1n) is 8.56. The molecule has 0 saturated heterocycles. The third-order valence-electron chi connectivity index (χ3n) is 4.46. The smallest absolute Gasteiger partial charge is 0.261 e. The second-order valence-electron chi connectivity index (χ2n) is 6.44. The molecule has 1 amide bonds. The number of nitrogens with zero attached hydrogens (tertiary/aromatic N) is 2. The molecule has 0 unspecified atom stereocenters. The van der Waals surface area contributed by atoms with E-state index in [2.05, 4.69) is 20.3 Å². The number of carbonyl (C=O) groups excluding carboxylic acids is 1. The van der Waals surface area contributed by atoms with E-state index in [9.17, 15) is 9.59 Å². The first kappa shape index (κ1) is 18.3. The maximum atomic E-state index is 12.7. The number of hydrogen-bond acceptors (Lipinski definition) is 5. The van der Waals surface area contributed by atoms with Crippen LogP contribution in [-0.2, 0) is 13.0 Å². The molecule has 0 fully saturated rings. The van der Waals surface area contributed by atoms with Gasteiger partial charge in [-0.25, -0.2) is 9.97 Å². The largest absolute Gasteiger partial charge is 0.347 e. The van der Waals surface area contributed by atoms with Gasteiger partial charge in [0.15, 0.2) is 0 Å². The lowest BCUT2D eigenvalue weighted by Crippen LogP contribution is -2.27. The monoisotopic (exact) mass is 370 g/mol. The van der Waals surface area contributed by atoms with Crippen molar-refractivity contribution in [2.45, 2.75) is 47.6 Å². The Kier molecular flexibility index (Phi) is 4.91. The summed E-state index contributed by atoms with van der Waals surface area (Å²) in [6.07, 6.45) is 0.755. The number of amides is 1. The van der Waals surface area contributed by atoms with Crippen LogP contribution >= 0.6 is 11.3 Å². The van der Waals surface area contributed by atoms with Crippen LogP contribution in [0.15, 0.2) is 10.9 Å². The highest BCUT2D eigenvalue weighted by molar-refractivity contribution is 7.20. The van der Waals surface area contributed by atoms with Crippen LogP contribution in [0.4, 0.5) is 0 Å². The fourth-order valence-corrected chi connectivity index (χ4v) is 4.29. The lowest BCUT2D eigenvalue weighted by atomic mass is 10.1. The number of pyridine rings is 1. The Morgan fingerprint density at radius 2 is 1.96 bits per heavy atom. The molecule has 0 aliphatic heterocycles. The second-order valence-corrected chi connectivity index (χ2v) is 7.44. The summed E-state index contributed by atoms with van der Waals surface area (Å²) in [6, 6.07) is 1.90. The molecule has 0 atom stereocenters. The number of aromatic nitrogens is 3. The molecule has 0 aliphatic carbocycles. The van der Waals surface area contributed by atoms with E-state index in [0.717, 1.165) is 45.0 Å². The minimum Gasteiger partial charge on any atom is -0.347 e. The van der Waals surface area contributed by atoms with Crippen molar-refractivity contribution < 1.29 is 4.79 Å². The highest BCUT2D eigenvalue weighted by Crippen LogP contribution is 2.31. The highest BCUT2D eigenvalue weighted by Gasteiger charge is 2.19. The number of aromatic amines is 1. The molecular weight excluding hydrogens is 348 g/mol. The number of aryl methyl sites for hydroxylation is 5. The summed E-state index contributed by atoms with van der Waals surface area (Å²) in [6.45, 7) is 9.78. The standard InChI is InChI=1S/C19H22N4O2S/c1-6-14-22-12(5)15-11(4)16(26-19(15)23-14)18(25)20-8-13-9(2)7-10(3)21-17(13)24/h7H,6,8H2,1-5H3,(H,20,25)(H,21,24). The van der Waals surface area contributed by atoms with E-state index in [1.165, 1.54) is 11.3 Å². The molecule has 3 aromatic rings. The molecule has 3 aromatic heterocycles. The molecule has 0 radical (unpaired) electrons. The zero-order valence-corrected chi connectivity index (χ0v) is 16.4. The fraction of sp³-hybridized carbons (Fsp3) is 0.368. The van der Waals surface area contributed by atoms with Crippen LogP contribution in [-0.4, -0.2) is 20.9 Å². The van der Waals surface area contributed by atoms with Crippen molar-refractivity contribution in [3.05, 3.63) is 55.2 Å². The molecule has 0 aromatic carbocycles. The van der Waals surface area contributed by atoms with Crippen molar-refractivity contribution in [1.82, 2.24) is 20.3 Å². The Morgan fingerprint density at radius 3 is 2.62 bits per heavy atom. The normalized spacial score (nSPS) is 11.1. The molecule has 136 valence electrons. The van der Waals surface area contributed by atoms with Crippen LogP contribution in [0.1, 0.15) is 50.5 Å². The van der Waals surface area contributed by atoms with Gasteiger partial charge in [-0.15, -0.1) is 11.3 Å². The van der Waals surface area contributed by atoms with Crippen molar-refractivity contribution in [3.8, 4) is 0 Å². The number of carbonyl (C=O) groups is 1. The summed E-state index contributed by atoms with van der Waals surface area (Å²) in [5.41, 5.74) is 3.87. The molecule has 0 spiro atoms. The van der Waals surface area contributed by atoms with E-state index in [1.807, 2.05) is 40.7 Å². The van der Waals surface area contributed by atoms with E-state index in [0.29, 0.717) is 10.4 Å². The van der Waals surface area contributed by atoms with E-state index in [4.69, 9.17) is 0 Å². The Hall–Kier alpha value is -2.54. The Bertz CT molecular complexity index is 1070. The van der Waals surface area contributed by atoms with Crippen LogP contribution in [0, 0.1) is 27.7 Å². The summed E-state index contributed by atoms with van der Waals surface area (Å²) >= 11 is 1.37.